The smallest absolute Gasteiger partial charge is 0.268 e. The standard InChI is InChI=1S/C22H27N5O5S2/c1-15-8-9-19(32-4)20(12-15)34(29,30)27(17-6-5-7-18(13-17)31-3)14-21(28)23-10-11-33-22-24-16(2)25-26-22/h5-9,12-13H,10-11,14H2,1-4H3,(H,23,28)(H,24,25,26). The first-order valence-electron chi connectivity index (χ1n) is 10.3. The second-order valence-corrected chi connectivity index (χ2v) is 10.2. The Morgan fingerprint density at radius 1 is 1.15 bits per heavy atom. The van der Waals surface area contributed by atoms with Crippen LogP contribution in [0.25, 0.3) is 0 Å². The second kappa shape index (κ2) is 11.3. The Morgan fingerprint density at radius 2 is 1.94 bits per heavy atom. The molecule has 0 bridgehead atoms. The molecule has 3 rings (SSSR count). The number of methoxy groups -OCH3 is 2. The van der Waals surface area contributed by atoms with Crippen molar-refractivity contribution in [3.05, 3.63) is 53.9 Å². The Hall–Kier alpha value is -3.25. The normalized spacial score (nSPS) is 11.2. The van der Waals surface area contributed by atoms with Crippen LogP contribution in [0.1, 0.15) is 11.4 Å². The Morgan fingerprint density at radius 3 is 2.62 bits per heavy atom. The van der Waals surface area contributed by atoms with Gasteiger partial charge >= 0.3 is 0 Å². The number of sulfonamides is 1. The first kappa shape index (κ1) is 25.4. The molecule has 1 heterocycles. The molecule has 12 heteroatoms. The van der Waals surface area contributed by atoms with Gasteiger partial charge in [-0.15, -0.1) is 5.10 Å². The average molecular weight is 506 g/mol. The summed E-state index contributed by atoms with van der Waals surface area (Å²) in [7, 11) is -1.26. The van der Waals surface area contributed by atoms with Crippen molar-refractivity contribution in [2.45, 2.75) is 23.9 Å². The molecule has 0 saturated heterocycles. The zero-order valence-electron chi connectivity index (χ0n) is 19.4. The second-order valence-electron chi connectivity index (χ2n) is 7.27. The number of amides is 1. The van der Waals surface area contributed by atoms with E-state index in [0.29, 0.717) is 34.7 Å². The van der Waals surface area contributed by atoms with Gasteiger partial charge < -0.3 is 14.8 Å². The van der Waals surface area contributed by atoms with Crippen LogP contribution in [-0.4, -0.2) is 62.6 Å². The van der Waals surface area contributed by atoms with Crippen LogP contribution in [0.4, 0.5) is 5.69 Å². The lowest BCUT2D eigenvalue weighted by Gasteiger charge is -2.25. The fourth-order valence-corrected chi connectivity index (χ4v) is 5.45. The largest absolute Gasteiger partial charge is 0.497 e. The number of anilines is 1. The molecule has 0 aliphatic heterocycles. The Kier molecular flexibility index (Phi) is 8.40. The molecule has 1 aromatic heterocycles. The van der Waals surface area contributed by atoms with E-state index in [0.717, 1.165) is 9.87 Å². The van der Waals surface area contributed by atoms with E-state index < -0.39 is 22.5 Å². The monoisotopic (exact) mass is 505 g/mol. The molecule has 0 atom stereocenters. The molecule has 0 saturated carbocycles. The van der Waals surface area contributed by atoms with Gasteiger partial charge in [0.1, 0.15) is 28.8 Å². The van der Waals surface area contributed by atoms with Gasteiger partial charge in [0.2, 0.25) is 11.1 Å². The molecule has 0 radical (unpaired) electrons. The summed E-state index contributed by atoms with van der Waals surface area (Å²) in [6.07, 6.45) is 0. The third kappa shape index (κ3) is 6.20. The van der Waals surface area contributed by atoms with E-state index in [2.05, 4.69) is 20.5 Å². The Bertz CT molecular complexity index is 1250. The van der Waals surface area contributed by atoms with Gasteiger partial charge in [0.25, 0.3) is 10.0 Å². The van der Waals surface area contributed by atoms with E-state index in [9.17, 15) is 13.2 Å². The molecule has 0 aliphatic rings. The van der Waals surface area contributed by atoms with Crippen LogP contribution in [0, 0.1) is 13.8 Å². The maximum Gasteiger partial charge on any atom is 0.268 e. The van der Waals surface area contributed by atoms with Gasteiger partial charge in [-0.3, -0.25) is 14.2 Å². The molecule has 3 aromatic rings. The quantitative estimate of drug-likeness (QED) is 0.301. The van der Waals surface area contributed by atoms with Crippen LogP contribution in [0.5, 0.6) is 11.5 Å². The van der Waals surface area contributed by atoms with Gasteiger partial charge in [0, 0.05) is 18.4 Å². The topological polar surface area (TPSA) is 127 Å². The number of aryl methyl sites for hydroxylation is 2. The number of thioether (sulfide) groups is 1. The minimum atomic E-state index is -4.15. The minimum Gasteiger partial charge on any atom is -0.497 e. The maximum atomic E-state index is 13.7. The highest BCUT2D eigenvalue weighted by Crippen LogP contribution is 2.32. The number of aromatic amines is 1. The first-order valence-corrected chi connectivity index (χ1v) is 12.8. The predicted molar refractivity (Wildman–Crippen MR) is 130 cm³/mol. The number of nitrogens with one attached hydrogen (secondary N) is 2. The van der Waals surface area contributed by atoms with E-state index >= 15 is 0 Å². The number of hydrogen-bond acceptors (Lipinski definition) is 8. The number of ether oxygens (including phenoxy) is 2. The van der Waals surface area contributed by atoms with Crippen molar-refractivity contribution in [1.29, 1.82) is 0 Å². The highest BCUT2D eigenvalue weighted by molar-refractivity contribution is 7.99. The van der Waals surface area contributed by atoms with E-state index in [4.69, 9.17) is 9.47 Å². The number of carbonyl (C=O) groups is 1. The van der Waals surface area contributed by atoms with E-state index in [1.807, 2.05) is 0 Å². The zero-order chi connectivity index (χ0) is 24.7. The molecular weight excluding hydrogens is 478 g/mol. The van der Waals surface area contributed by atoms with Crippen molar-refractivity contribution < 1.29 is 22.7 Å². The van der Waals surface area contributed by atoms with Gasteiger partial charge in [-0.25, -0.2) is 13.4 Å². The summed E-state index contributed by atoms with van der Waals surface area (Å²) in [6.45, 7) is 3.48. The number of aromatic nitrogens is 3. The van der Waals surface area contributed by atoms with Crippen molar-refractivity contribution in [3.63, 3.8) is 0 Å². The zero-order valence-corrected chi connectivity index (χ0v) is 21.0. The highest BCUT2D eigenvalue weighted by atomic mass is 32.2. The lowest BCUT2D eigenvalue weighted by atomic mass is 10.2. The molecule has 10 nitrogen and oxygen atoms in total. The Balaban J connectivity index is 1.82. The number of H-pyrrole nitrogens is 1. The van der Waals surface area contributed by atoms with Gasteiger partial charge in [-0.05, 0) is 43.7 Å². The van der Waals surface area contributed by atoms with Crippen LogP contribution in [0.2, 0.25) is 0 Å². The minimum absolute atomic E-state index is 0.0267. The molecule has 0 fully saturated rings. The number of benzene rings is 2. The lowest BCUT2D eigenvalue weighted by Crippen LogP contribution is -2.41. The SMILES string of the molecule is COc1cccc(N(CC(=O)NCCSc2n[nH]c(C)n2)S(=O)(=O)c2cc(C)ccc2OC)c1. The summed E-state index contributed by atoms with van der Waals surface area (Å²) in [5.41, 5.74) is 1.04. The molecule has 2 N–H and O–H groups in total. The third-order valence-electron chi connectivity index (χ3n) is 4.75. The van der Waals surface area contributed by atoms with Crippen LogP contribution in [0.3, 0.4) is 0 Å². The van der Waals surface area contributed by atoms with E-state index in [-0.39, 0.29) is 10.6 Å². The summed E-state index contributed by atoms with van der Waals surface area (Å²) in [6, 6.07) is 11.4. The average Bonchev–Trinajstić information content (AvgIpc) is 3.25. The molecule has 34 heavy (non-hydrogen) atoms. The number of carbonyl (C=O) groups excluding carboxylic acids is 1. The van der Waals surface area contributed by atoms with Crippen LogP contribution in [-0.2, 0) is 14.8 Å². The molecule has 0 aliphatic carbocycles. The molecule has 2 aromatic carbocycles. The van der Waals surface area contributed by atoms with Crippen molar-refractivity contribution in [1.82, 2.24) is 20.5 Å². The van der Waals surface area contributed by atoms with E-state index in [1.165, 1.54) is 32.0 Å². The van der Waals surface area contributed by atoms with Crippen molar-refractivity contribution in [2.75, 3.05) is 37.4 Å². The number of rotatable bonds is 11. The molecule has 1 amide bonds. The van der Waals surface area contributed by atoms with Crippen molar-refractivity contribution >= 4 is 33.4 Å². The van der Waals surface area contributed by atoms with E-state index in [1.54, 1.807) is 50.2 Å². The van der Waals surface area contributed by atoms with Crippen LogP contribution in [0.15, 0.2) is 52.5 Å². The highest BCUT2D eigenvalue weighted by Gasteiger charge is 2.30. The van der Waals surface area contributed by atoms with Crippen LogP contribution < -0.4 is 19.1 Å². The molecule has 182 valence electrons. The molecule has 0 unspecified atom stereocenters. The van der Waals surface area contributed by atoms with Crippen LogP contribution >= 0.6 is 11.8 Å². The fraction of sp³-hybridized carbons (Fsp3) is 0.318. The first-order chi connectivity index (χ1) is 16.2. The fourth-order valence-electron chi connectivity index (χ4n) is 3.09. The summed E-state index contributed by atoms with van der Waals surface area (Å²) >= 11 is 1.38. The summed E-state index contributed by atoms with van der Waals surface area (Å²) < 4.78 is 39.0. The summed E-state index contributed by atoms with van der Waals surface area (Å²) in [5, 5.41) is 10.1. The van der Waals surface area contributed by atoms with Gasteiger partial charge in [0.05, 0.1) is 19.9 Å². The third-order valence-corrected chi connectivity index (χ3v) is 7.39. The van der Waals surface area contributed by atoms with Gasteiger partial charge in [-0.2, -0.15) is 0 Å². The number of hydrogen-bond donors (Lipinski definition) is 2. The van der Waals surface area contributed by atoms with Gasteiger partial charge in [0.15, 0.2) is 0 Å². The maximum absolute atomic E-state index is 13.7. The summed E-state index contributed by atoms with van der Waals surface area (Å²) in [4.78, 5) is 16.9. The van der Waals surface area contributed by atoms with Gasteiger partial charge in [-0.1, -0.05) is 23.9 Å². The lowest BCUT2D eigenvalue weighted by molar-refractivity contribution is -0.119. The molecule has 0 spiro atoms. The predicted octanol–water partition coefficient (Wildman–Crippen LogP) is 2.54. The van der Waals surface area contributed by atoms with Crippen molar-refractivity contribution in [2.24, 2.45) is 0 Å². The Labute approximate surface area is 203 Å². The molecular formula is C22H27N5O5S2. The summed E-state index contributed by atoms with van der Waals surface area (Å²) in [5.74, 6) is 1.44. The number of nitrogens with zero attached hydrogens (tertiary/aromatic N) is 3. The van der Waals surface area contributed by atoms with Crippen molar-refractivity contribution in [3.8, 4) is 11.5 Å².